The van der Waals surface area contributed by atoms with Gasteiger partial charge in [0.15, 0.2) is 11.1 Å². The zero-order chi connectivity index (χ0) is 36.9. The number of hydrogen-bond acceptors (Lipinski definition) is 18. The van der Waals surface area contributed by atoms with E-state index < -0.39 is 71.0 Å². The maximum Gasteiger partial charge on any atom is 1.00 e. The summed E-state index contributed by atoms with van der Waals surface area (Å²) in [6.07, 6.45) is 3.41. The number of nitrogens with zero attached hydrogens (tertiary/aromatic N) is 5. The summed E-state index contributed by atoms with van der Waals surface area (Å²) < 4.78 is 33.5. The van der Waals surface area contributed by atoms with Crippen molar-refractivity contribution < 1.29 is 91.9 Å². The molecule has 4 aromatic carbocycles. The number of benzene rings is 4. The van der Waals surface area contributed by atoms with Crippen LogP contribution in [0.1, 0.15) is 0 Å². The van der Waals surface area contributed by atoms with Gasteiger partial charge in [-0.1, -0.05) is 5.75 Å². The molecule has 0 amide bonds. The Hall–Kier alpha value is -5.32. The number of nitrogen functional groups attached to an aromatic ring is 2. The molecule has 0 unspecified atom stereocenters. The van der Waals surface area contributed by atoms with Crippen LogP contribution in [0, 0.1) is 0 Å². The van der Waals surface area contributed by atoms with Gasteiger partial charge in [-0.2, -0.15) is 28.8 Å². The van der Waals surface area contributed by atoms with Crippen molar-refractivity contribution in [2.24, 2.45) is 25.5 Å². The molecule has 53 heavy (non-hydrogen) atoms. The van der Waals surface area contributed by atoms with Gasteiger partial charge in [-0.15, -0.1) is 5.11 Å². The molecule has 0 aromatic heterocycles. The van der Waals surface area contributed by atoms with Crippen LogP contribution in [0.25, 0.3) is 0 Å². The Kier molecular flexibility index (Phi) is 14.3. The number of carboxylic acid groups (broad SMARTS) is 1. The molecule has 8 N–H and O–H groups in total. The maximum absolute atomic E-state index is 13.1. The van der Waals surface area contributed by atoms with E-state index in [4.69, 9.17) is 11.5 Å². The fourth-order valence-electron chi connectivity index (χ4n) is 4.14. The minimum Gasteiger partial charge on any atom is -0.870 e. The first kappa shape index (κ1) is 42.1. The first-order valence-electron chi connectivity index (χ1n) is 14.1. The number of allylic oxidation sites excluding steroid dienone is 3. The maximum atomic E-state index is 13.1. The Labute approximate surface area is 342 Å². The topological polar surface area (TPSA) is 319 Å². The average molecular weight is 757 g/mol. The molecule has 22 heteroatoms. The summed E-state index contributed by atoms with van der Waals surface area (Å²) in [5, 5.41) is 42.5. The number of hydrogen-bond donors (Lipinski definition) is 6. The minimum atomic E-state index is -4.85. The predicted molar refractivity (Wildman–Crippen MR) is 180 cm³/mol. The van der Waals surface area contributed by atoms with Crippen molar-refractivity contribution in [3.63, 3.8) is 0 Å². The van der Waals surface area contributed by atoms with E-state index in [0.717, 1.165) is 36.4 Å². The summed E-state index contributed by atoms with van der Waals surface area (Å²) >= 11 is 0. The molecule has 0 saturated heterocycles. The third-order valence-electron chi connectivity index (χ3n) is 6.71. The molecule has 0 saturated carbocycles. The van der Waals surface area contributed by atoms with Crippen molar-refractivity contribution in [1.82, 2.24) is 0 Å². The number of hydrazone groups is 1. The second-order valence-corrected chi connectivity index (χ2v) is 11.7. The first-order valence-corrected chi connectivity index (χ1v) is 15.6. The van der Waals surface area contributed by atoms with Crippen LogP contribution in [-0.2, 0) is 19.7 Å². The van der Waals surface area contributed by atoms with Crippen molar-refractivity contribution in [1.29, 1.82) is 0 Å². The zero-order valence-electron chi connectivity index (χ0n) is 27.6. The van der Waals surface area contributed by atoms with Crippen LogP contribution in [0.15, 0.2) is 131 Å². The standard InChI is InChI=1S/C31H24N10O9S.2Na/c32-15-1-7-22(21(33)11-15)37-39-24-13-19(51(48,49)50)14-25(29(24)44)40-38-23-8-10-27(43)28(30(23)45)41-35-17-4-2-16(3-5-17)34-36-18-6-9-26(42)20(12-18)31(46)47;;/h1-14,34-35,40,44H,32-33H2,(H,46,47)(H,48,49,50);;/q;2*+1/p-2. The van der Waals surface area contributed by atoms with Crippen LogP contribution in [0.3, 0.4) is 0 Å². The van der Waals surface area contributed by atoms with Gasteiger partial charge in [-0.25, -0.2) is 0 Å². The molecule has 0 radical (unpaired) electrons. The van der Waals surface area contributed by atoms with E-state index in [1.165, 1.54) is 48.5 Å². The molecule has 1 aliphatic rings. The molecule has 4 aromatic rings. The molecule has 0 bridgehead atoms. The summed E-state index contributed by atoms with van der Waals surface area (Å²) in [5.74, 6) is -3.27. The number of carbonyl (C=O) groups is 2. The van der Waals surface area contributed by atoms with Gasteiger partial charge in [0.2, 0.25) is 10.9 Å². The van der Waals surface area contributed by atoms with Crippen molar-refractivity contribution in [3.05, 3.63) is 122 Å². The number of nitrogens with one attached hydrogen (secondary N) is 3. The van der Waals surface area contributed by atoms with E-state index >= 15 is 0 Å². The van der Waals surface area contributed by atoms with Gasteiger partial charge in [0.1, 0.15) is 11.0 Å². The molecule has 5 rings (SSSR count). The SMILES string of the molecule is Nc1ccc(N=Nc2cc(S(=O)(=O)O)cc(NN=c3ccc(=O)c(=NNc4ccc(NN=C5C=CC(=O)C(C(=O)[O-])=C5)cc4)c3=O)c2[O-])c(N)c1.[Na+].[Na+]. The second kappa shape index (κ2) is 17.9. The normalized spacial score (nSPS) is 14.0. The second-order valence-electron chi connectivity index (χ2n) is 10.3. The average Bonchev–Trinajstić information content (AvgIpc) is 3.08. The monoisotopic (exact) mass is 756 g/mol. The molecule has 1 aliphatic carbocycles. The predicted octanol–water partition coefficient (Wildman–Crippen LogP) is -6.37. The van der Waals surface area contributed by atoms with Crippen LogP contribution in [-0.4, -0.2) is 30.4 Å². The number of rotatable bonds is 10. The summed E-state index contributed by atoms with van der Waals surface area (Å²) in [6, 6.07) is 13.9. The van der Waals surface area contributed by atoms with Gasteiger partial charge in [0, 0.05) is 11.3 Å². The van der Waals surface area contributed by atoms with Gasteiger partial charge < -0.3 is 26.5 Å². The molecule has 0 atom stereocenters. The van der Waals surface area contributed by atoms with E-state index in [-0.39, 0.29) is 76.2 Å². The van der Waals surface area contributed by atoms with Crippen molar-refractivity contribution >= 4 is 67.4 Å². The fraction of sp³-hybridized carbons (Fsp3) is 0. The van der Waals surface area contributed by atoms with Gasteiger partial charge in [0.05, 0.1) is 45.0 Å². The first-order chi connectivity index (χ1) is 24.2. The molecule has 0 heterocycles. The Morgan fingerprint density at radius 2 is 1.42 bits per heavy atom. The Balaban J connectivity index is 0.00000378. The third kappa shape index (κ3) is 10.6. The molecule has 0 spiro atoms. The van der Waals surface area contributed by atoms with Crippen LogP contribution >= 0.6 is 0 Å². The largest absolute Gasteiger partial charge is 1.00 e. The van der Waals surface area contributed by atoms with Crippen molar-refractivity contribution in [2.45, 2.75) is 4.90 Å². The van der Waals surface area contributed by atoms with Crippen LogP contribution in [0.4, 0.5) is 39.8 Å². The number of ketones is 1. The van der Waals surface area contributed by atoms with Gasteiger partial charge in [0.25, 0.3) is 10.1 Å². The number of aliphatic carboxylic acids is 1. The smallest absolute Gasteiger partial charge is 0.870 e. The minimum absolute atomic E-state index is 0. The molecule has 19 nitrogen and oxygen atoms in total. The van der Waals surface area contributed by atoms with Crippen molar-refractivity contribution in [2.75, 3.05) is 27.7 Å². The fourth-order valence-corrected chi connectivity index (χ4v) is 4.67. The number of azo groups is 1. The molecule has 0 aliphatic heterocycles. The van der Waals surface area contributed by atoms with Crippen LogP contribution in [0.2, 0.25) is 0 Å². The van der Waals surface area contributed by atoms with E-state index in [9.17, 15) is 42.4 Å². The number of nitrogens with two attached hydrogens (primary N) is 2. The Morgan fingerprint density at radius 3 is 2.04 bits per heavy atom. The third-order valence-corrected chi connectivity index (χ3v) is 7.54. The van der Waals surface area contributed by atoms with Gasteiger partial charge >= 0.3 is 59.1 Å². The van der Waals surface area contributed by atoms with E-state index in [0.29, 0.717) is 17.1 Å². The zero-order valence-corrected chi connectivity index (χ0v) is 32.4. The number of anilines is 5. The summed E-state index contributed by atoms with van der Waals surface area (Å²) in [7, 11) is -4.85. The van der Waals surface area contributed by atoms with E-state index in [1.807, 2.05) is 0 Å². The Bertz CT molecular complexity index is 2570. The molecule has 0 fully saturated rings. The van der Waals surface area contributed by atoms with E-state index in [2.05, 4.69) is 41.8 Å². The number of carbonyl (C=O) groups excluding carboxylic acids is 2. The quantitative estimate of drug-likeness (QED) is 0.0167. The summed E-state index contributed by atoms with van der Waals surface area (Å²) in [5.41, 5.74) is 17.2. The molecule has 258 valence electrons. The Morgan fingerprint density at radius 1 is 0.774 bits per heavy atom. The van der Waals surface area contributed by atoms with Gasteiger partial charge in [-0.3, -0.25) is 35.2 Å². The van der Waals surface area contributed by atoms with Crippen molar-refractivity contribution in [3.8, 4) is 5.75 Å². The van der Waals surface area contributed by atoms with Gasteiger partial charge in [-0.05, 0) is 85.0 Å². The van der Waals surface area contributed by atoms with Crippen LogP contribution < -0.4 is 119 Å². The number of carboxylic acids is 1. The molecular formula is C31H22N10Na2O9S. The van der Waals surface area contributed by atoms with Crippen LogP contribution in [0.5, 0.6) is 5.75 Å². The van der Waals surface area contributed by atoms with E-state index in [1.54, 1.807) is 0 Å². The molecular weight excluding hydrogens is 734 g/mol. The summed E-state index contributed by atoms with van der Waals surface area (Å²) in [4.78, 5) is 47.4. The summed E-state index contributed by atoms with van der Waals surface area (Å²) in [6.45, 7) is 0.